The van der Waals surface area contributed by atoms with Crippen LogP contribution in [0.5, 0.6) is 5.75 Å². The van der Waals surface area contributed by atoms with Gasteiger partial charge < -0.3 is 10.1 Å². The van der Waals surface area contributed by atoms with Crippen LogP contribution in [-0.4, -0.2) is 10.1 Å². The van der Waals surface area contributed by atoms with Gasteiger partial charge in [-0.2, -0.15) is 0 Å². The summed E-state index contributed by atoms with van der Waals surface area (Å²) in [7, 11) is 0. The van der Waals surface area contributed by atoms with E-state index < -0.39 is 0 Å². The summed E-state index contributed by atoms with van der Waals surface area (Å²) in [4.78, 5) is 13.5. The zero-order chi connectivity index (χ0) is 9.42. The summed E-state index contributed by atoms with van der Waals surface area (Å²) in [5, 5.41) is 10.2. The van der Waals surface area contributed by atoms with Gasteiger partial charge in [0.1, 0.15) is 5.75 Å². The van der Waals surface area contributed by atoms with Crippen LogP contribution in [0.3, 0.4) is 0 Å². The Kier molecular flexibility index (Phi) is 1.74. The molecule has 0 amide bonds. The third kappa shape index (κ3) is 1.27. The van der Waals surface area contributed by atoms with E-state index in [-0.39, 0.29) is 16.3 Å². The fourth-order valence-electron chi connectivity index (χ4n) is 1.19. The van der Waals surface area contributed by atoms with Gasteiger partial charge in [-0.3, -0.25) is 4.79 Å². The van der Waals surface area contributed by atoms with Crippen molar-refractivity contribution in [3.8, 4) is 5.75 Å². The lowest BCUT2D eigenvalue weighted by Gasteiger charge is -2.00. The molecule has 2 aromatic rings. The summed E-state index contributed by atoms with van der Waals surface area (Å²) < 4.78 is 0. The molecule has 0 aliphatic rings. The monoisotopic (exact) mass is 195 g/mol. The lowest BCUT2D eigenvalue weighted by atomic mass is 10.2. The second kappa shape index (κ2) is 2.78. The van der Waals surface area contributed by atoms with Gasteiger partial charge in [-0.25, -0.2) is 0 Å². The summed E-state index contributed by atoms with van der Waals surface area (Å²) >= 11 is 5.81. The van der Waals surface area contributed by atoms with Crippen molar-refractivity contribution in [3.63, 3.8) is 0 Å². The van der Waals surface area contributed by atoms with Gasteiger partial charge in [0, 0.05) is 11.5 Å². The maximum absolute atomic E-state index is 10.9. The normalized spacial score (nSPS) is 10.5. The van der Waals surface area contributed by atoms with Gasteiger partial charge in [0.25, 0.3) is 0 Å². The number of nitrogens with one attached hydrogen (secondary N) is 1. The molecule has 0 fully saturated rings. The molecule has 2 N–H and O–H groups in total. The van der Waals surface area contributed by atoms with Crippen molar-refractivity contribution in [3.05, 3.63) is 39.6 Å². The van der Waals surface area contributed by atoms with Crippen molar-refractivity contribution < 1.29 is 5.11 Å². The fourth-order valence-corrected chi connectivity index (χ4v) is 1.41. The minimum absolute atomic E-state index is 0.0150. The topological polar surface area (TPSA) is 53.1 Å². The molecule has 0 spiro atoms. The van der Waals surface area contributed by atoms with Crippen LogP contribution < -0.4 is 5.56 Å². The van der Waals surface area contributed by atoms with Gasteiger partial charge in [0.15, 0.2) is 0 Å². The molecule has 4 heteroatoms. The molecule has 3 nitrogen and oxygen atoms in total. The van der Waals surface area contributed by atoms with E-state index in [0.29, 0.717) is 10.9 Å². The van der Waals surface area contributed by atoms with Crippen LogP contribution in [-0.2, 0) is 0 Å². The Morgan fingerprint density at radius 2 is 2.00 bits per heavy atom. The average molecular weight is 196 g/mol. The number of fused-ring (bicyclic) bond motifs is 1. The van der Waals surface area contributed by atoms with Crippen LogP contribution >= 0.6 is 11.6 Å². The average Bonchev–Trinajstić information content (AvgIpc) is 2.12. The molecule has 0 saturated heterocycles. The number of phenolic OH excluding ortho intramolecular Hbond substituents is 1. The van der Waals surface area contributed by atoms with E-state index >= 15 is 0 Å². The Morgan fingerprint density at radius 1 is 1.23 bits per heavy atom. The number of H-pyrrole nitrogens is 1. The van der Waals surface area contributed by atoms with Gasteiger partial charge >= 0.3 is 0 Å². The van der Waals surface area contributed by atoms with Crippen LogP contribution in [0.2, 0.25) is 5.02 Å². The number of phenols is 1. The molecule has 0 atom stereocenters. The highest BCUT2D eigenvalue weighted by Crippen LogP contribution is 2.29. The molecular formula is C9H6ClNO2. The van der Waals surface area contributed by atoms with Crippen molar-refractivity contribution in [1.29, 1.82) is 0 Å². The quantitative estimate of drug-likeness (QED) is 0.675. The molecule has 0 unspecified atom stereocenters. The van der Waals surface area contributed by atoms with E-state index in [1.165, 1.54) is 12.1 Å². The lowest BCUT2D eigenvalue weighted by Crippen LogP contribution is -2.02. The molecule has 1 heterocycles. The SMILES string of the molecule is O=c1ccc2c(Cl)c(O)ccc2[nH]1. The first-order chi connectivity index (χ1) is 6.18. The van der Waals surface area contributed by atoms with E-state index in [2.05, 4.69) is 4.98 Å². The van der Waals surface area contributed by atoms with Gasteiger partial charge in [-0.15, -0.1) is 0 Å². The van der Waals surface area contributed by atoms with Crippen molar-refractivity contribution >= 4 is 22.5 Å². The Bertz CT molecular complexity index is 518. The molecule has 1 aromatic carbocycles. The van der Waals surface area contributed by atoms with E-state index in [0.717, 1.165) is 0 Å². The first-order valence-electron chi connectivity index (χ1n) is 3.69. The second-order valence-corrected chi connectivity index (χ2v) is 3.06. The highest BCUT2D eigenvalue weighted by Gasteiger charge is 2.03. The molecule has 0 aliphatic heterocycles. The van der Waals surface area contributed by atoms with E-state index in [1.807, 2.05) is 0 Å². The summed E-state index contributed by atoms with van der Waals surface area (Å²) in [5.41, 5.74) is 0.435. The van der Waals surface area contributed by atoms with E-state index in [1.54, 1.807) is 12.1 Å². The van der Waals surface area contributed by atoms with Gasteiger partial charge in [-0.1, -0.05) is 11.6 Å². The fraction of sp³-hybridized carbons (Fsp3) is 0. The molecule has 66 valence electrons. The molecule has 0 aliphatic carbocycles. The molecule has 2 rings (SSSR count). The Balaban J connectivity index is 2.95. The number of aromatic hydroxyl groups is 1. The number of hydrogen-bond donors (Lipinski definition) is 2. The Morgan fingerprint density at radius 3 is 2.77 bits per heavy atom. The van der Waals surface area contributed by atoms with Crippen molar-refractivity contribution in [2.75, 3.05) is 0 Å². The molecule has 0 bridgehead atoms. The number of pyridine rings is 1. The maximum Gasteiger partial charge on any atom is 0.248 e. The number of benzene rings is 1. The van der Waals surface area contributed by atoms with Crippen LogP contribution in [0.25, 0.3) is 10.9 Å². The second-order valence-electron chi connectivity index (χ2n) is 2.68. The van der Waals surface area contributed by atoms with Gasteiger partial charge in [-0.05, 0) is 18.2 Å². The number of aromatic amines is 1. The molecular weight excluding hydrogens is 190 g/mol. The highest BCUT2D eigenvalue weighted by atomic mass is 35.5. The molecule has 1 aromatic heterocycles. The van der Waals surface area contributed by atoms with Gasteiger partial charge in [0.05, 0.1) is 10.5 Å². The first kappa shape index (κ1) is 8.13. The Labute approximate surface area is 78.6 Å². The Hall–Kier alpha value is -1.48. The standard InChI is InChI=1S/C9H6ClNO2/c10-9-5-1-4-8(13)11-6(5)2-3-7(9)12/h1-4,12H,(H,11,13). The number of aromatic nitrogens is 1. The van der Waals surface area contributed by atoms with Crippen LogP contribution in [0.1, 0.15) is 0 Å². The predicted molar refractivity (Wildman–Crippen MR) is 51.2 cm³/mol. The summed E-state index contributed by atoms with van der Waals surface area (Å²) in [5.74, 6) is 0.0150. The van der Waals surface area contributed by atoms with Gasteiger partial charge in [0.2, 0.25) is 5.56 Å². The third-order valence-electron chi connectivity index (χ3n) is 1.82. The molecule has 0 saturated carbocycles. The number of rotatable bonds is 0. The van der Waals surface area contributed by atoms with E-state index in [9.17, 15) is 9.90 Å². The summed E-state index contributed by atoms with van der Waals surface area (Å²) in [6.45, 7) is 0. The maximum atomic E-state index is 10.9. The molecule has 0 radical (unpaired) electrons. The summed E-state index contributed by atoms with van der Waals surface area (Å²) in [6.07, 6.45) is 0. The van der Waals surface area contributed by atoms with Crippen molar-refractivity contribution in [1.82, 2.24) is 4.98 Å². The predicted octanol–water partition coefficient (Wildman–Crippen LogP) is 1.89. The number of halogens is 1. The number of hydrogen-bond acceptors (Lipinski definition) is 2. The van der Waals surface area contributed by atoms with Crippen LogP contribution in [0, 0.1) is 0 Å². The zero-order valence-corrected chi connectivity index (χ0v) is 7.30. The van der Waals surface area contributed by atoms with Crippen molar-refractivity contribution in [2.24, 2.45) is 0 Å². The molecule has 13 heavy (non-hydrogen) atoms. The zero-order valence-electron chi connectivity index (χ0n) is 6.54. The van der Waals surface area contributed by atoms with Crippen molar-refractivity contribution in [2.45, 2.75) is 0 Å². The van der Waals surface area contributed by atoms with E-state index in [4.69, 9.17) is 11.6 Å². The van der Waals surface area contributed by atoms with Crippen LogP contribution in [0.15, 0.2) is 29.1 Å². The smallest absolute Gasteiger partial charge is 0.248 e. The lowest BCUT2D eigenvalue weighted by molar-refractivity contribution is 0.476. The largest absolute Gasteiger partial charge is 0.506 e. The minimum Gasteiger partial charge on any atom is -0.506 e. The minimum atomic E-state index is -0.186. The third-order valence-corrected chi connectivity index (χ3v) is 2.22. The van der Waals surface area contributed by atoms with Crippen LogP contribution in [0.4, 0.5) is 0 Å². The highest BCUT2D eigenvalue weighted by molar-refractivity contribution is 6.36. The first-order valence-corrected chi connectivity index (χ1v) is 4.07. The summed E-state index contributed by atoms with van der Waals surface area (Å²) in [6, 6.07) is 6.00.